The number of hydrogen-bond donors (Lipinski definition) is 3. The first-order chi connectivity index (χ1) is 11.9. The fraction of sp³-hybridized carbons (Fsp3) is 0.350. The third-order valence-electron chi connectivity index (χ3n) is 4.03. The number of methoxy groups -OCH3 is 1. The van der Waals surface area contributed by atoms with Gasteiger partial charge in [0.25, 0.3) is 0 Å². The minimum Gasteiger partial charge on any atom is -0.497 e. The average molecular weight is 342 g/mol. The van der Waals surface area contributed by atoms with Crippen LogP contribution in [0.1, 0.15) is 41.3 Å². The maximum Gasteiger partial charge on any atom is 0.315 e. The van der Waals surface area contributed by atoms with Crippen molar-refractivity contribution in [2.75, 3.05) is 13.7 Å². The molecule has 0 aromatic heterocycles. The van der Waals surface area contributed by atoms with E-state index in [0.29, 0.717) is 11.3 Å². The van der Waals surface area contributed by atoms with Gasteiger partial charge in [-0.05, 0) is 44.0 Å². The van der Waals surface area contributed by atoms with Gasteiger partial charge < -0.3 is 20.5 Å². The molecule has 5 nitrogen and oxygen atoms in total. The van der Waals surface area contributed by atoms with E-state index in [2.05, 4.69) is 28.8 Å². The van der Waals surface area contributed by atoms with E-state index in [4.69, 9.17) is 4.74 Å². The molecule has 0 saturated carbocycles. The fourth-order valence-electron chi connectivity index (χ4n) is 2.75. The molecule has 0 radical (unpaired) electrons. The highest BCUT2D eigenvalue weighted by Crippen LogP contribution is 2.19. The molecule has 2 atom stereocenters. The van der Waals surface area contributed by atoms with Crippen LogP contribution in [0.25, 0.3) is 0 Å². The molecule has 0 saturated heterocycles. The first-order valence-electron chi connectivity index (χ1n) is 8.33. The quantitative estimate of drug-likeness (QED) is 0.753. The maximum atomic E-state index is 12.1. The molecule has 2 aromatic rings. The minimum atomic E-state index is -0.794. The summed E-state index contributed by atoms with van der Waals surface area (Å²) >= 11 is 0. The van der Waals surface area contributed by atoms with Crippen LogP contribution in [0, 0.1) is 13.8 Å². The van der Waals surface area contributed by atoms with Crippen LogP contribution in [0.3, 0.4) is 0 Å². The van der Waals surface area contributed by atoms with Crippen LogP contribution in [0.5, 0.6) is 5.75 Å². The van der Waals surface area contributed by atoms with E-state index in [0.717, 1.165) is 16.7 Å². The molecule has 0 heterocycles. The second-order valence-electron chi connectivity index (χ2n) is 6.29. The lowest BCUT2D eigenvalue weighted by Crippen LogP contribution is -2.39. The number of urea groups is 1. The number of amides is 2. The zero-order valence-electron chi connectivity index (χ0n) is 15.2. The highest BCUT2D eigenvalue weighted by molar-refractivity contribution is 5.74. The minimum absolute atomic E-state index is 0.118. The van der Waals surface area contributed by atoms with Crippen LogP contribution >= 0.6 is 0 Å². The lowest BCUT2D eigenvalue weighted by atomic mass is 10.0. The average Bonchev–Trinajstić information content (AvgIpc) is 2.58. The van der Waals surface area contributed by atoms with Gasteiger partial charge in [-0.2, -0.15) is 0 Å². The van der Waals surface area contributed by atoms with Crippen molar-refractivity contribution in [1.29, 1.82) is 0 Å². The van der Waals surface area contributed by atoms with Gasteiger partial charge in [-0.25, -0.2) is 4.79 Å². The van der Waals surface area contributed by atoms with Crippen molar-refractivity contribution in [3.05, 3.63) is 64.7 Å². The van der Waals surface area contributed by atoms with Crippen LogP contribution < -0.4 is 15.4 Å². The molecule has 0 spiro atoms. The Kier molecular flexibility index (Phi) is 6.42. The van der Waals surface area contributed by atoms with E-state index in [1.807, 2.05) is 26.8 Å². The van der Waals surface area contributed by atoms with Crippen molar-refractivity contribution in [2.24, 2.45) is 0 Å². The largest absolute Gasteiger partial charge is 0.497 e. The van der Waals surface area contributed by atoms with Gasteiger partial charge in [-0.15, -0.1) is 0 Å². The first-order valence-corrected chi connectivity index (χ1v) is 8.33. The van der Waals surface area contributed by atoms with E-state index in [9.17, 15) is 9.90 Å². The number of benzene rings is 2. The lowest BCUT2D eigenvalue weighted by molar-refractivity contribution is 0.172. The molecule has 134 valence electrons. The van der Waals surface area contributed by atoms with Gasteiger partial charge in [0.15, 0.2) is 0 Å². The summed E-state index contributed by atoms with van der Waals surface area (Å²) in [6.07, 6.45) is -0.794. The number of carbonyl (C=O) groups is 1. The Labute approximate surface area is 149 Å². The van der Waals surface area contributed by atoms with E-state index in [-0.39, 0.29) is 18.6 Å². The van der Waals surface area contributed by atoms with Gasteiger partial charge in [0.2, 0.25) is 0 Å². The molecule has 25 heavy (non-hydrogen) atoms. The number of carbonyl (C=O) groups excluding carboxylic acids is 1. The molecule has 0 aliphatic heterocycles. The highest BCUT2D eigenvalue weighted by atomic mass is 16.5. The molecule has 2 rings (SSSR count). The summed E-state index contributed by atoms with van der Waals surface area (Å²) in [5, 5.41) is 15.8. The summed E-state index contributed by atoms with van der Waals surface area (Å²) in [4.78, 5) is 12.1. The van der Waals surface area contributed by atoms with Crippen molar-refractivity contribution < 1.29 is 14.6 Å². The number of rotatable bonds is 6. The Hall–Kier alpha value is -2.53. The predicted octanol–water partition coefficient (Wildman–Crippen LogP) is 3.41. The fourth-order valence-corrected chi connectivity index (χ4v) is 2.75. The van der Waals surface area contributed by atoms with Crippen LogP contribution in [0.2, 0.25) is 0 Å². The van der Waals surface area contributed by atoms with E-state index >= 15 is 0 Å². The Morgan fingerprint density at radius 3 is 2.44 bits per heavy atom. The van der Waals surface area contributed by atoms with Gasteiger partial charge in [-0.3, -0.25) is 0 Å². The monoisotopic (exact) mass is 342 g/mol. The number of aliphatic hydroxyl groups is 1. The Balaban J connectivity index is 1.89. The summed E-state index contributed by atoms with van der Waals surface area (Å²) < 4.78 is 5.14. The maximum absolute atomic E-state index is 12.1. The first kappa shape index (κ1) is 18.8. The normalized spacial score (nSPS) is 13.0. The zero-order chi connectivity index (χ0) is 18.4. The number of ether oxygens (including phenoxy) is 1. The van der Waals surface area contributed by atoms with Gasteiger partial charge in [0.1, 0.15) is 5.75 Å². The highest BCUT2D eigenvalue weighted by Gasteiger charge is 2.13. The van der Waals surface area contributed by atoms with Crippen LogP contribution in [-0.4, -0.2) is 24.8 Å². The molecular weight excluding hydrogens is 316 g/mol. The van der Waals surface area contributed by atoms with Gasteiger partial charge in [0, 0.05) is 6.54 Å². The summed E-state index contributed by atoms with van der Waals surface area (Å²) in [5.74, 6) is 0.671. The lowest BCUT2D eigenvalue weighted by Gasteiger charge is -2.18. The molecular formula is C20H26N2O3. The Bertz CT molecular complexity index is 710. The van der Waals surface area contributed by atoms with Crippen molar-refractivity contribution in [1.82, 2.24) is 10.6 Å². The molecule has 2 amide bonds. The molecule has 0 aliphatic rings. The van der Waals surface area contributed by atoms with Crippen molar-refractivity contribution in [2.45, 2.75) is 32.9 Å². The molecule has 2 unspecified atom stereocenters. The van der Waals surface area contributed by atoms with Gasteiger partial charge in [0.05, 0.1) is 19.3 Å². The summed E-state index contributed by atoms with van der Waals surface area (Å²) in [5.41, 5.74) is 4.08. The van der Waals surface area contributed by atoms with E-state index in [1.54, 1.807) is 25.3 Å². The third-order valence-corrected chi connectivity index (χ3v) is 4.03. The van der Waals surface area contributed by atoms with Crippen LogP contribution in [0.15, 0.2) is 42.5 Å². The predicted molar refractivity (Wildman–Crippen MR) is 98.8 cm³/mol. The van der Waals surface area contributed by atoms with Crippen LogP contribution in [-0.2, 0) is 0 Å². The second kappa shape index (κ2) is 8.53. The van der Waals surface area contributed by atoms with Crippen molar-refractivity contribution >= 4 is 6.03 Å². The summed E-state index contributed by atoms with van der Waals surface area (Å²) in [6.45, 7) is 6.13. The van der Waals surface area contributed by atoms with Crippen LogP contribution in [0.4, 0.5) is 4.79 Å². The number of nitrogens with one attached hydrogen (secondary N) is 2. The van der Waals surface area contributed by atoms with Gasteiger partial charge in [-0.1, -0.05) is 41.5 Å². The number of hydrogen-bond acceptors (Lipinski definition) is 3. The number of aliphatic hydroxyl groups excluding tert-OH is 1. The Morgan fingerprint density at radius 2 is 1.80 bits per heavy atom. The number of aryl methyl sites for hydroxylation is 2. The van der Waals surface area contributed by atoms with Crippen molar-refractivity contribution in [3.63, 3.8) is 0 Å². The molecule has 3 N–H and O–H groups in total. The molecule has 2 aromatic carbocycles. The smallest absolute Gasteiger partial charge is 0.315 e. The molecule has 0 aliphatic carbocycles. The van der Waals surface area contributed by atoms with E-state index in [1.165, 1.54) is 0 Å². The summed E-state index contributed by atoms with van der Waals surface area (Å²) in [7, 11) is 1.57. The van der Waals surface area contributed by atoms with Crippen molar-refractivity contribution in [3.8, 4) is 5.75 Å². The summed E-state index contributed by atoms with van der Waals surface area (Å²) in [6, 6.07) is 12.9. The van der Waals surface area contributed by atoms with E-state index < -0.39 is 6.10 Å². The zero-order valence-corrected chi connectivity index (χ0v) is 15.2. The Morgan fingerprint density at radius 1 is 1.12 bits per heavy atom. The van der Waals surface area contributed by atoms with Gasteiger partial charge >= 0.3 is 6.03 Å². The SMILES string of the molecule is COc1cccc(C(O)CNC(=O)NC(C)c2cc(C)cc(C)c2)c1. The standard InChI is InChI=1S/C20H26N2O3/c1-13-8-14(2)10-17(9-13)15(3)22-20(24)21-12-19(23)16-6-5-7-18(11-16)25-4/h5-11,15,19,23H,12H2,1-4H3,(H2,21,22,24). The topological polar surface area (TPSA) is 70.6 Å². The molecule has 0 fully saturated rings. The second-order valence-corrected chi connectivity index (χ2v) is 6.29. The third kappa shape index (κ3) is 5.50. The molecule has 0 bridgehead atoms. The molecule has 5 heteroatoms.